The third kappa shape index (κ3) is 3.86. The zero-order valence-electron chi connectivity index (χ0n) is 15.5. The van der Waals surface area contributed by atoms with E-state index >= 15 is 0 Å². The molecule has 3 heterocycles. The van der Waals surface area contributed by atoms with Crippen molar-refractivity contribution in [1.82, 2.24) is 25.1 Å². The minimum atomic E-state index is -0.459. The van der Waals surface area contributed by atoms with Crippen LogP contribution in [0.5, 0.6) is 0 Å². The summed E-state index contributed by atoms with van der Waals surface area (Å²) in [6.45, 7) is 5.66. The van der Waals surface area contributed by atoms with Gasteiger partial charge in [-0.2, -0.15) is 0 Å². The molecule has 3 aromatic heterocycles. The van der Waals surface area contributed by atoms with Crippen LogP contribution in [-0.2, 0) is 0 Å². The molecule has 0 aliphatic carbocycles. The molecule has 27 heavy (non-hydrogen) atoms. The summed E-state index contributed by atoms with van der Waals surface area (Å²) in [5.74, 6) is 1.24. The second-order valence-electron chi connectivity index (χ2n) is 6.20. The number of nitrogens with one attached hydrogen (secondary N) is 2. The van der Waals surface area contributed by atoms with Gasteiger partial charge in [-0.25, -0.2) is 9.78 Å². The van der Waals surface area contributed by atoms with E-state index in [9.17, 15) is 9.59 Å². The standard InChI is InChI=1S/C18H20N6O3/c1-10(2)24-9-12(6-8-14(24)25)15-16(13-7-5-11(3)27-13)20-17(23-22-15)21-18(26)19-4/h5-10H,1-4H3,(H2,19,20,21,23,26). The Labute approximate surface area is 155 Å². The van der Waals surface area contributed by atoms with Gasteiger partial charge in [-0.05, 0) is 39.0 Å². The van der Waals surface area contributed by atoms with Crippen LogP contribution in [0.1, 0.15) is 25.6 Å². The Kier molecular flexibility index (Phi) is 5.02. The molecule has 0 spiro atoms. The Bertz CT molecular complexity index is 1040. The highest BCUT2D eigenvalue weighted by atomic mass is 16.3. The van der Waals surface area contributed by atoms with Crippen molar-refractivity contribution in [3.05, 3.63) is 46.6 Å². The van der Waals surface area contributed by atoms with Crippen LogP contribution in [-0.4, -0.2) is 32.8 Å². The molecular formula is C18H20N6O3. The predicted octanol–water partition coefficient (Wildman–Crippen LogP) is 2.60. The van der Waals surface area contributed by atoms with Crippen molar-refractivity contribution in [2.75, 3.05) is 12.4 Å². The molecule has 9 heteroatoms. The summed E-state index contributed by atoms with van der Waals surface area (Å²) in [6, 6.07) is 6.25. The Morgan fingerprint density at radius 2 is 1.93 bits per heavy atom. The fourth-order valence-corrected chi connectivity index (χ4v) is 2.52. The summed E-state index contributed by atoms with van der Waals surface area (Å²) in [4.78, 5) is 28.0. The van der Waals surface area contributed by atoms with Crippen LogP contribution in [0.3, 0.4) is 0 Å². The highest BCUT2D eigenvalue weighted by molar-refractivity contribution is 5.87. The first-order chi connectivity index (χ1) is 12.9. The van der Waals surface area contributed by atoms with E-state index in [1.54, 1.807) is 22.9 Å². The largest absolute Gasteiger partial charge is 0.460 e. The number of carbonyl (C=O) groups is 1. The van der Waals surface area contributed by atoms with Gasteiger partial charge < -0.3 is 14.3 Å². The number of amides is 2. The lowest BCUT2D eigenvalue weighted by Crippen LogP contribution is -2.26. The smallest absolute Gasteiger partial charge is 0.321 e. The molecule has 9 nitrogen and oxygen atoms in total. The Balaban J connectivity index is 2.16. The van der Waals surface area contributed by atoms with Gasteiger partial charge in [0, 0.05) is 30.9 Å². The van der Waals surface area contributed by atoms with Gasteiger partial charge >= 0.3 is 6.03 Å². The summed E-state index contributed by atoms with van der Waals surface area (Å²) < 4.78 is 7.29. The average molecular weight is 368 g/mol. The number of nitrogens with zero attached hydrogens (tertiary/aromatic N) is 4. The van der Waals surface area contributed by atoms with Crippen LogP contribution in [0.4, 0.5) is 10.7 Å². The molecule has 2 N–H and O–H groups in total. The summed E-state index contributed by atoms with van der Waals surface area (Å²) in [5.41, 5.74) is 1.42. The molecule has 0 aliphatic heterocycles. The van der Waals surface area contributed by atoms with E-state index in [0.29, 0.717) is 28.5 Å². The first-order valence-corrected chi connectivity index (χ1v) is 8.42. The van der Waals surface area contributed by atoms with Crippen LogP contribution >= 0.6 is 0 Å². The number of aromatic nitrogens is 4. The number of hydrogen-bond donors (Lipinski definition) is 2. The van der Waals surface area contributed by atoms with Crippen LogP contribution in [0, 0.1) is 6.92 Å². The fraction of sp³-hybridized carbons (Fsp3) is 0.278. The van der Waals surface area contributed by atoms with Gasteiger partial charge in [0.15, 0.2) is 5.76 Å². The number of aryl methyl sites for hydroxylation is 1. The van der Waals surface area contributed by atoms with Gasteiger partial charge in [0.2, 0.25) is 0 Å². The molecule has 0 radical (unpaired) electrons. The lowest BCUT2D eigenvalue weighted by molar-refractivity contribution is 0.253. The molecule has 0 atom stereocenters. The van der Waals surface area contributed by atoms with E-state index in [-0.39, 0.29) is 17.5 Å². The number of rotatable bonds is 4. The maximum absolute atomic E-state index is 12.0. The van der Waals surface area contributed by atoms with Gasteiger partial charge in [-0.15, -0.1) is 10.2 Å². The Hall–Kier alpha value is -3.49. The van der Waals surface area contributed by atoms with Crippen molar-refractivity contribution < 1.29 is 9.21 Å². The molecule has 0 saturated carbocycles. The Morgan fingerprint density at radius 1 is 1.15 bits per heavy atom. The second kappa shape index (κ2) is 7.40. The van der Waals surface area contributed by atoms with E-state index in [0.717, 1.165) is 0 Å². The normalized spacial score (nSPS) is 10.9. The van der Waals surface area contributed by atoms with Gasteiger partial charge in [-0.3, -0.25) is 10.1 Å². The number of hydrogen-bond acceptors (Lipinski definition) is 6. The number of carbonyl (C=O) groups excluding carboxylic acids is 1. The van der Waals surface area contributed by atoms with E-state index in [4.69, 9.17) is 4.42 Å². The number of anilines is 1. The summed E-state index contributed by atoms with van der Waals surface area (Å²) in [7, 11) is 1.49. The first kappa shape index (κ1) is 18.3. The van der Waals surface area contributed by atoms with E-state index < -0.39 is 6.03 Å². The predicted molar refractivity (Wildman–Crippen MR) is 100 cm³/mol. The minimum absolute atomic E-state index is 0.0122. The average Bonchev–Trinajstić information content (AvgIpc) is 3.08. The quantitative estimate of drug-likeness (QED) is 0.731. The molecule has 0 fully saturated rings. The first-order valence-electron chi connectivity index (χ1n) is 8.42. The number of furan rings is 1. The molecule has 0 bridgehead atoms. The maximum atomic E-state index is 12.0. The summed E-state index contributed by atoms with van der Waals surface area (Å²) in [5, 5.41) is 13.1. The SMILES string of the molecule is CNC(=O)Nc1nnc(-c2ccc(=O)n(C(C)C)c2)c(-c2ccc(C)o2)n1. The van der Waals surface area contributed by atoms with E-state index in [1.807, 2.05) is 26.8 Å². The highest BCUT2D eigenvalue weighted by Gasteiger charge is 2.18. The number of pyridine rings is 1. The highest BCUT2D eigenvalue weighted by Crippen LogP contribution is 2.30. The molecule has 2 amide bonds. The van der Waals surface area contributed by atoms with Crippen LogP contribution in [0.2, 0.25) is 0 Å². The molecule has 3 rings (SSSR count). The molecule has 3 aromatic rings. The van der Waals surface area contributed by atoms with Crippen LogP contribution in [0.15, 0.2) is 39.7 Å². The van der Waals surface area contributed by atoms with Gasteiger partial charge in [-0.1, -0.05) is 0 Å². The molecular weight excluding hydrogens is 348 g/mol. The molecule has 0 aliphatic rings. The fourth-order valence-electron chi connectivity index (χ4n) is 2.52. The van der Waals surface area contributed by atoms with Crippen molar-refractivity contribution in [2.24, 2.45) is 0 Å². The van der Waals surface area contributed by atoms with Crippen molar-refractivity contribution >= 4 is 12.0 Å². The Morgan fingerprint density at radius 3 is 2.56 bits per heavy atom. The minimum Gasteiger partial charge on any atom is -0.460 e. The number of urea groups is 1. The summed E-state index contributed by atoms with van der Waals surface area (Å²) >= 11 is 0. The lowest BCUT2D eigenvalue weighted by Gasteiger charge is -2.12. The van der Waals surface area contributed by atoms with E-state index in [1.165, 1.54) is 13.1 Å². The monoisotopic (exact) mass is 368 g/mol. The van der Waals surface area contributed by atoms with Crippen molar-refractivity contribution in [1.29, 1.82) is 0 Å². The van der Waals surface area contributed by atoms with Crippen molar-refractivity contribution in [2.45, 2.75) is 26.8 Å². The topological polar surface area (TPSA) is 115 Å². The molecule has 0 saturated heterocycles. The van der Waals surface area contributed by atoms with Gasteiger partial charge in [0.25, 0.3) is 11.5 Å². The van der Waals surface area contributed by atoms with Crippen LogP contribution < -0.4 is 16.2 Å². The lowest BCUT2D eigenvalue weighted by atomic mass is 10.1. The molecule has 140 valence electrons. The molecule has 0 unspecified atom stereocenters. The van der Waals surface area contributed by atoms with Crippen molar-refractivity contribution in [3.63, 3.8) is 0 Å². The second-order valence-corrected chi connectivity index (χ2v) is 6.20. The summed E-state index contributed by atoms with van der Waals surface area (Å²) in [6.07, 6.45) is 1.71. The van der Waals surface area contributed by atoms with E-state index in [2.05, 4.69) is 25.8 Å². The third-order valence-corrected chi connectivity index (χ3v) is 3.88. The van der Waals surface area contributed by atoms with Gasteiger partial charge in [0.1, 0.15) is 17.1 Å². The van der Waals surface area contributed by atoms with Crippen molar-refractivity contribution in [3.8, 4) is 22.7 Å². The van der Waals surface area contributed by atoms with Crippen LogP contribution in [0.25, 0.3) is 22.7 Å². The third-order valence-electron chi connectivity index (χ3n) is 3.88. The zero-order chi connectivity index (χ0) is 19.6. The maximum Gasteiger partial charge on any atom is 0.321 e. The molecule has 0 aromatic carbocycles. The zero-order valence-corrected chi connectivity index (χ0v) is 15.5. The van der Waals surface area contributed by atoms with Gasteiger partial charge in [0.05, 0.1) is 0 Å².